The van der Waals surface area contributed by atoms with Crippen LogP contribution < -0.4 is 27.0 Å². The molecule has 148 valence electrons. The first kappa shape index (κ1) is 22.8. The lowest BCUT2D eigenvalue weighted by Gasteiger charge is -2.07. The minimum Gasteiger partial charge on any atom is -1.00 e. The molecule has 0 aliphatic carbocycles. The molecule has 28 heavy (non-hydrogen) atoms. The van der Waals surface area contributed by atoms with Crippen molar-refractivity contribution in [2.75, 3.05) is 6.61 Å². The molecule has 1 atom stereocenters. The van der Waals surface area contributed by atoms with Gasteiger partial charge in [0.1, 0.15) is 11.3 Å². The zero-order chi connectivity index (χ0) is 19.8. The Bertz CT molecular complexity index is 887. The molecule has 1 aromatic heterocycles. The van der Waals surface area contributed by atoms with Crippen LogP contribution in [0.15, 0.2) is 53.9 Å². The number of halogens is 1. The highest BCUT2D eigenvalue weighted by atomic mass is 79.9. The summed E-state index contributed by atoms with van der Waals surface area (Å²) in [6.07, 6.45) is 3.82. The maximum absolute atomic E-state index is 12.2. The number of hydrogen-bond acceptors (Lipinski definition) is 6. The van der Waals surface area contributed by atoms with Crippen LogP contribution in [0.2, 0.25) is 0 Å². The van der Waals surface area contributed by atoms with Crippen molar-refractivity contribution in [3.63, 3.8) is 0 Å². The van der Waals surface area contributed by atoms with Crippen molar-refractivity contribution in [3.8, 4) is 5.75 Å². The van der Waals surface area contributed by atoms with E-state index in [1.54, 1.807) is 25.1 Å². The van der Waals surface area contributed by atoms with E-state index in [9.17, 15) is 24.6 Å². The lowest BCUT2D eigenvalue weighted by Crippen LogP contribution is -3.00. The Morgan fingerprint density at radius 3 is 2.61 bits per heavy atom. The van der Waals surface area contributed by atoms with Gasteiger partial charge in [0.25, 0.3) is 5.91 Å². The summed E-state index contributed by atoms with van der Waals surface area (Å²) in [6.45, 7) is 1.60. The van der Waals surface area contributed by atoms with Crippen LogP contribution in [0.5, 0.6) is 5.75 Å². The number of aromatic nitrogens is 1. The molecular formula is C18H18BrN3O6. The van der Waals surface area contributed by atoms with E-state index in [1.165, 1.54) is 36.8 Å². The van der Waals surface area contributed by atoms with Gasteiger partial charge in [-0.1, -0.05) is 12.1 Å². The lowest BCUT2D eigenvalue weighted by atomic mass is 10.2. The van der Waals surface area contributed by atoms with Gasteiger partial charge in [-0.05, 0) is 25.1 Å². The van der Waals surface area contributed by atoms with Crippen molar-refractivity contribution in [2.24, 2.45) is 5.10 Å². The molecule has 1 aromatic carbocycles. The number of para-hydroxylation sites is 1. The van der Waals surface area contributed by atoms with Gasteiger partial charge < -0.3 is 31.9 Å². The summed E-state index contributed by atoms with van der Waals surface area (Å²) >= 11 is 0. The molecule has 2 aromatic rings. The third kappa shape index (κ3) is 5.88. The molecule has 0 saturated heterocycles. The minimum atomic E-state index is -1.61. The number of nitrogens with one attached hydrogen (secondary N) is 1. The standard InChI is InChI=1S/C18H17N3O6.BrH/c1-2-27-18(26)15(17(24)25)21-9-5-7-13(11-21)16(23)20-19-10-12-6-3-4-8-14(12)22;/h3-11,15H,2H2,1H3,(H2-,19,20,22,23,24,25);1H. The molecule has 1 heterocycles. The number of carboxylic acids is 1. The Morgan fingerprint density at radius 2 is 1.96 bits per heavy atom. The molecule has 3 N–H and O–H groups in total. The summed E-state index contributed by atoms with van der Waals surface area (Å²) in [5, 5.41) is 22.7. The quantitative estimate of drug-likeness (QED) is 0.142. The number of phenols is 1. The Labute approximate surface area is 171 Å². The Kier molecular flexibility index (Phi) is 8.76. The summed E-state index contributed by atoms with van der Waals surface area (Å²) in [5.74, 6) is -2.96. The molecule has 0 aliphatic heterocycles. The number of hydrazone groups is 1. The zero-order valence-corrected chi connectivity index (χ0v) is 16.4. The van der Waals surface area contributed by atoms with Gasteiger partial charge in [0.2, 0.25) is 0 Å². The maximum Gasteiger partial charge on any atom is 0.388 e. The average molecular weight is 452 g/mol. The number of ether oxygens (including phenoxy) is 1. The number of carboxylic acid groups (broad SMARTS) is 1. The highest BCUT2D eigenvalue weighted by Crippen LogP contribution is 2.12. The van der Waals surface area contributed by atoms with Crippen molar-refractivity contribution in [2.45, 2.75) is 13.0 Å². The van der Waals surface area contributed by atoms with Gasteiger partial charge in [-0.2, -0.15) is 9.67 Å². The second-order valence-corrected chi connectivity index (χ2v) is 5.29. The fraction of sp³-hybridized carbons (Fsp3) is 0.167. The largest absolute Gasteiger partial charge is 1.00 e. The summed E-state index contributed by atoms with van der Waals surface area (Å²) < 4.78 is 5.83. The zero-order valence-electron chi connectivity index (χ0n) is 14.8. The molecule has 0 spiro atoms. The SMILES string of the molecule is CCOC(=O)C(C(=O)O)[n+]1cccc(C(=O)N/N=C/c2ccccc2O)c1.[Br-]. The van der Waals surface area contributed by atoms with Crippen molar-refractivity contribution in [1.29, 1.82) is 0 Å². The van der Waals surface area contributed by atoms with E-state index >= 15 is 0 Å². The second-order valence-electron chi connectivity index (χ2n) is 5.29. The number of benzene rings is 1. The molecule has 2 rings (SSSR count). The van der Waals surface area contributed by atoms with Gasteiger partial charge in [-0.25, -0.2) is 15.0 Å². The van der Waals surface area contributed by atoms with Gasteiger partial charge in [0.15, 0.2) is 12.4 Å². The molecule has 1 unspecified atom stereocenters. The number of amides is 1. The van der Waals surface area contributed by atoms with Crippen LogP contribution >= 0.6 is 0 Å². The van der Waals surface area contributed by atoms with E-state index in [1.807, 2.05) is 0 Å². The van der Waals surface area contributed by atoms with Gasteiger partial charge in [0, 0.05) is 11.6 Å². The van der Waals surface area contributed by atoms with Crippen molar-refractivity contribution < 1.29 is 50.9 Å². The van der Waals surface area contributed by atoms with Crippen LogP contribution in [0.3, 0.4) is 0 Å². The second kappa shape index (κ2) is 10.8. The molecule has 10 heteroatoms. The molecule has 0 aliphatic rings. The van der Waals surface area contributed by atoms with Crippen molar-refractivity contribution >= 4 is 24.1 Å². The van der Waals surface area contributed by atoms with Crippen molar-refractivity contribution in [1.82, 2.24) is 5.43 Å². The van der Waals surface area contributed by atoms with Crippen molar-refractivity contribution in [3.05, 3.63) is 59.9 Å². The van der Waals surface area contributed by atoms with E-state index in [4.69, 9.17) is 4.74 Å². The average Bonchev–Trinajstić information content (AvgIpc) is 2.63. The van der Waals surface area contributed by atoms with Crippen LogP contribution in [0.1, 0.15) is 28.9 Å². The number of rotatable bonds is 7. The number of nitrogens with zero attached hydrogens (tertiary/aromatic N) is 2. The maximum atomic E-state index is 12.2. The fourth-order valence-corrected chi connectivity index (χ4v) is 2.18. The van der Waals surface area contributed by atoms with Gasteiger partial charge in [-0.15, -0.1) is 0 Å². The van der Waals surface area contributed by atoms with E-state index in [-0.39, 0.29) is 34.9 Å². The van der Waals surface area contributed by atoms with Crippen LogP contribution in [0.4, 0.5) is 0 Å². The molecule has 0 bridgehead atoms. The molecule has 1 amide bonds. The highest BCUT2D eigenvalue weighted by molar-refractivity contribution is 5.95. The minimum absolute atomic E-state index is 0. The molecule has 0 radical (unpaired) electrons. The molecule has 0 fully saturated rings. The van der Waals surface area contributed by atoms with E-state index in [0.717, 1.165) is 4.57 Å². The summed E-state index contributed by atoms with van der Waals surface area (Å²) in [4.78, 5) is 35.4. The third-order valence-corrected chi connectivity index (χ3v) is 3.43. The van der Waals surface area contributed by atoms with Gasteiger partial charge in [0.05, 0.1) is 12.8 Å². The number of aliphatic carboxylic acids is 1. The molecule has 0 saturated carbocycles. The van der Waals surface area contributed by atoms with Crippen LogP contribution in [0, 0.1) is 0 Å². The number of esters is 1. The monoisotopic (exact) mass is 451 g/mol. The first-order valence-electron chi connectivity index (χ1n) is 7.95. The van der Waals surface area contributed by atoms with Crippen LogP contribution in [-0.4, -0.2) is 40.9 Å². The normalized spacial score (nSPS) is 11.3. The topological polar surface area (TPSA) is 129 Å². The van der Waals surface area contributed by atoms with Gasteiger partial charge in [-0.3, -0.25) is 4.79 Å². The van der Waals surface area contributed by atoms with E-state index < -0.39 is 23.9 Å². The summed E-state index contributed by atoms with van der Waals surface area (Å²) in [6, 6.07) is 7.69. The number of aromatic hydroxyl groups is 1. The number of hydrogen-bond donors (Lipinski definition) is 3. The number of phenolic OH excluding ortho intramolecular Hbond substituents is 1. The summed E-state index contributed by atoms with van der Waals surface area (Å²) in [5.41, 5.74) is 2.76. The fourth-order valence-electron chi connectivity index (χ4n) is 2.18. The first-order chi connectivity index (χ1) is 12.9. The Morgan fingerprint density at radius 1 is 1.25 bits per heavy atom. The molecule has 9 nitrogen and oxygen atoms in total. The first-order valence-corrected chi connectivity index (χ1v) is 7.95. The smallest absolute Gasteiger partial charge is 0.388 e. The lowest BCUT2D eigenvalue weighted by molar-refractivity contribution is -0.699. The van der Waals surface area contributed by atoms with Gasteiger partial charge >= 0.3 is 18.0 Å². The predicted octanol–water partition coefficient (Wildman–Crippen LogP) is -2.36. The summed E-state index contributed by atoms with van der Waals surface area (Å²) in [7, 11) is 0. The Hall–Kier alpha value is -3.27. The van der Waals surface area contributed by atoms with Crippen LogP contribution in [0.25, 0.3) is 0 Å². The predicted molar refractivity (Wildman–Crippen MR) is 93.1 cm³/mol. The molecular weight excluding hydrogens is 434 g/mol. The third-order valence-electron chi connectivity index (χ3n) is 3.43. The van der Waals surface area contributed by atoms with Crippen LogP contribution in [-0.2, 0) is 14.3 Å². The number of carbonyl (C=O) groups excluding carboxylic acids is 2. The number of pyridine rings is 1. The number of carbonyl (C=O) groups is 3. The van der Waals surface area contributed by atoms with E-state index in [2.05, 4.69) is 10.5 Å². The van der Waals surface area contributed by atoms with E-state index in [0.29, 0.717) is 5.56 Å². The Balaban J connectivity index is 0.00000392. The highest BCUT2D eigenvalue weighted by Gasteiger charge is 2.37.